The van der Waals surface area contributed by atoms with Crippen LogP contribution in [-0.4, -0.2) is 18.7 Å². The highest BCUT2D eigenvalue weighted by molar-refractivity contribution is 7.98. The summed E-state index contributed by atoms with van der Waals surface area (Å²) in [4.78, 5) is 13.2. The minimum Gasteiger partial charge on any atom is -0.349 e. The molecule has 1 aromatic rings. The SMILES string of the molecule is CSc1ccc(C(C)NC(=O)C(C)(C)CN)cc1. The second kappa shape index (κ2) is 6.25. The minimum absolute atomic E-state index is 0.000712. The molecular weight excluding hydrogens is 244 g/mol. The first kappa shape index (κ1) is 15.1. The molecule has 100 valence electrons. The number of thioether (sulfide) groups is 1. The number of hydrogen-bond acceptors (Lipinski definition) is 3. The van der Waals surface area contributed by atoms with Crippen LogP contribution >= 0.6 is 11.8 Å². The van der Waals surface area contributed by atoms with Crippen LogP contribution in [-0.2, 0) is 4.79 Å². The molecule has 1 atom stereocenters. The third kappa shape index (κ3) is 3.75. The van der Waals surface area contributed by atoms with E-state index < -0.39 is 5.41 Å². The molecule has 1 amide bonds. The topological polar surface area (TPSA) is 55.1 Å². The standard InChI is InChI=1S/C14H22N2OS/c1-10(16-13(17)14(2,3)9-15)11-5-7-12(18-4)8-6-11/h5-8,10H,9,15H2,1-4H3,(H,16,17). The number of benzene rings is 1. The van der Waals surface area contributed by atoms with E-state index in [9.17, 15) is 4.79 Å². The van der Waals surface area contributed by atoms with E-state index in [0.717, 1.165) is 5.56 Å². The molecule has 0 saturated carbocycles. The number of nitrogens with two attached hydrogens (primary N) is 1. The minimum atomic E-state index is -0.520. The van der Waals surface area contributed by atoms with Gasteiger partial charge < -0.3 is 11.1 Å². The van der Waals surface area contributed by atoms with Crippen LogP contribution in [0.4, 0.5) is 0 Å². The number of rotatable bonds is 5. The Morgan fingerprint density at radius 3 is 2.39 bits per heavy atom. The first-order chi connectivity index (χ1) is 8.40. The summed E-state index contributed by atoms with van der Waals surface area (Å²) in [6.07, 6.45) is 2.05. The van der Waals surface area contributed by atoms with Crippen LogP contribution in [0.5, 0.6) is 0 Å². The van der Waals surface area contributed by atoms with Gasteiger partial charge in [0.15, 0.2) is 0 Å². The highest BCUT2D eigenvalue weighted by atomic mass is 32.2. The van der Waals surface area contributed by atoms with E-state index in [2.05, 4.69) is 17.4 Å². The molecule has 0 bridgehead atoms. The Labute approximate surface area is 114 Å². The van der Waals surface area contributed by atoms with E-state index in [1.807, 2.05) is 39.2 Å². The Balaban J connectivity index is 2.70. The lowest BCUT2D eigenvalue weighted by Gasteiger charge is -2.24. The van der Waals surface area contributed by atoms with Gasteiger partial charge in [-0.1, -0.05) is 12.1 Å². The molecule has 1 unspecified atom stereocenters. The number of carbonyl (C=O) groups is 1. The zero-order valence-electron chi connectivity index (χ0n) is 11.5. The summed E-state index contributed by atoms with van der Waals surface area (Å²) < 4.78 is 0. The number of carbonyl (C=O) groups excluding carboxylic acids is 1. The summed E-state index contributed by atoms with van der Waals surface area (Å²) in [5.74, 6) is -0.00792. The van der Waals surface area contributed by atoms with Crippen molar-refractivity contribution in [3.63, 3.8) is 0 Å². The van der Waals surface area contributed by atoms with Gasteiger partial charge in [-0.05, 0) is 44.7 Å². The maximum atomic E-state index is 12.0. The molecule has 0 spiro atoms. The van der Waals surface area contributed by atoms with E-state index in [1.165, 1.54) is 4.90 Å². The fraction of sp³-hybridized carbons (Fsp3) is 0.500. The largest absolute Gasteiger partial charge is 0.349 e. The van der Waals surface area contributed by atoms with Crippen molar-refractivity contribution in [2.24, 2.45) is 11.1 Å². The van der Waals surface area contributed by atoms with Crippen molar-refractivity contribution < 1.29 is 4.79 Å². The zero-order valence-corrected chi connectivity index (χ0v) is 12.3. The third-order valence-corrected chi connectivity index (χ3v) is 3.83. The lowest BCUT2D eigenvalue weighted by atomic mass is 9.92. The zero-order chi connectivity index (χ0) is 13.8. The second-order valence-electron chi connectivity index (χ2n) is 5.06. The molecule has 1 rings (SSSR count). The maximum absolute atomic E-state index is 12.0. The predicted octanol–water partition coefficient (Wildman–Crippen LogP) is 2.57. The summed E-state index contributed by atoms with van der Waals surface area (Å²) in [5.41, 5.74) is 6.18. The van der Waals surface area contributed by atoms with Gasteiger partial charge in [-0.15, -0.1) is 11.8 Å². The summed E-state index contributed by atoms with van der Waals surface area (Å²) >= 11 is 1.71. The molecule has 1 aromatic carbocycles. The molecule has 0 heterocycles. The first-order valence-corrected chi connectivity index (χ1v) is 7.28. The number of amides is 1. The molecule has 0 aliphatic rings. The van der Waals surface area contributed by atoms with Crippen molar-refractivity contribution >= 4 is 17.7 Å². The summed E-state index contributed by atoms with van der Waals surface area (Å²) in [7, 11) is 0. The highest BCUT2D eigenvalue weighted by Crippen LogP contribution is 2.20. The Morgan fingerprint density at radius 1 is 1.39 bits per heavy atom. The van der Waals surface area contributed by atoms with Crippen LogP contribution in [0.25, 0.3) is 0 Å². The van der Waals surface area contributed by atoms with Gasteiger partial charge >= 0.3 is 0 Å². The average Bonchev–Trinajstić information content (AvgIpc) is 2.38. The van der Waals surface area contributed by atoms with Crippen molar-refractivity contribution in [2.75, 3.05) is 12.8 Å². The van der Waals surface area contributed by atoms with Crippen LogP contribution < -0.4 is 11.1 Å². The molecular formula is C14H22N2OS. The molecule has 0 saturated heterocycles. The van der Waals surface area contributed by atoms with Crippen molar-refractivity contribution in [3.05, 3.63) is 29.8 Å². The Bertz CT molecular complexity index is 401. The monoisotopic (exact) mass is 266 g/mol. The predicted molar refractivity (Wildman–Crippen MR) is 77.6 cm³/mol. The van der Waals surface area contributed by atoms with Gasteiger partial charge in [-0.2, -0.15) is 0 Å². The number of hydrogen-bond donors (Lipinski definition) is 2. The Morgan fingerprint density at radius 2 is 1.94 bits per heavy atom. The van der Waals surface area contributed by atoms with Crippen LogP contribution in [0.3, 0.4) is 0 Å². The number of nitrogens with one attached hydrogen (secondary N) is 1. The molecule has 3 N–H and O–H groups in total. The van der Waals surface area contributed by atoms with Gasteiger partial charge in [0, 0.05) is 11.4 Å². The smallest absolute Gasteiger partial charge is 0.227 e. The van der Waals surface area contributed by atoms with Gasteiger partial charge in [0.05, 0.1) is 11.5 Å². The molecule has 0 fully saturated rings. The molecule has 4 heteroatoms. The molecule has 0 aliphatic carbocycles. The highest BCUT2D eigenvalue weighted by Gasteiger charge is 2.26. The lowest BCUT2D eigenvalue weighted by Crippen LogP contribution is -2.42. The van der Waals surface area contributed by atoms with Crippen molar-refractivity contribution in [3.8, 4) is 0 Å². The Hall–Kier alpha value is -1.00. The van der Waals surface area contributed by atoms with Crippen LogP contribution in [0.1, 0.15) is 32.4 Å². The van der Waals surface area contributed by atoms with Crippen LogP contribution in [0.2, 0.25) is 0 Å². The molecule has 0 radical (unpaired) electrons. The molecule has 3 nitrogen and oxygen atoms in total. The van der Waals surface area contributed by atoms with Gasteiger partial charge in [0.2, 0.25) is 5.91 Å². The lowest BCUT2D eigenvalue weighted by molar-refractivity contribution is -0.129. The van der Waals surface area contributed by atoms with E-state index in [4.69, 9.17) is 5.73 Å². The normalized spacial score (nSPS) is 13.2. The van der Waals surface area contributed by atoms with Gasteiger partial charge in [0.1, 0.15) is 0 Å². The fourth-order valence-electron chi connectivity index (χ4n) is 1.46. The average molecular weight is 266 g/mol. The Kier molecular flexibility index (Phi) is 5.23. The quantitative estimate of drug-likeness (QED) is 0.805. The molecule has 18 heavy (non-hydrogen) atoms. The third-order valence-electron chi connectivity index (χ3n) is 3.09. The summed E-state index contributed by atoms with van der Waals surface area (Å²) in [5, 5.41) is 3.00. The van der Waals surface area contributed by atoms with E-state index in [1.54, 1.807) is 11.8 Å². The van der Waals surface area contributed by atoms with Gasteiger partial charge in [-0.25, -0.2) is 0 Å². The van der Waals surface area contributed by atoms with Crippen LogP contribution in [0.15, 0.2) is 29.2 Å². The summed E-state index contributed by atoms with van der Waals surface area (Å²) in [6, 6.07) is 8.23. The van der Waals surface area contributed by atoms with E-state index >= 15 is 0 Å². The summed E-state index contributed by atoms with van der Waals surface area (Å²) in [6.45, 7) is 6.04. The van der Waals surface area contributed by atoms with E-state index in [-0.39, 0.29) is 11.9 Å². The fourth-order valence-corrected chi connectivity index (χ4v) is 1.87. The van der Waals surface area contributed by atoms with E-state index in [0.29, 0.717) is 6.54 Å². The molecule has 0 aromatic heterocycles. The van der Waals surface area contributed by atoms with Crippen molar-refractivity contribution in [2.45, 2.75) is 31.7 Å². The van der Waals surface area contributed by atoms with Crippen molar-refractivity contribution in [1.82, 2.24) is 5.32 Å². The molecule has 0 aliphatic heterocycles. The van der Waals surface area contributed by atoms with Gasteiger partial charge in [-0.3, -0.25) is 4.79 Å². The second-order valence-corrected chi connectivity index (χ2v) is 5.94. The maximum Gasteiger partial charge on any atom is 0.227 e. The van der Waals surface area contributed by atoms with Crippen LogP contribution in [0, 0.1) is 5.41 Å². The first-order valence-electron chi connectivity index (χ1n) is 6.05. The van der Waals surface area contributed by atoms with Crippen molar-refractivity contribution in [1.29, 1.82) is 0 Å². The van der Waals surface area contributed by atoms with Gasteiger partial charge in [0.25, 0.3) is 0 Å².